The molecule has 0 fully saturated rings. The molecular weight excluding hydrogens is 312 g/mol. The van der Waals surface area contributed by atoms with E-state index >= 15 is 0 Å². The second kappa shape index (κ2) is 13.4. The quantitative estimate of drug-likeness (QED) is 0.248. The second-order valence-corrected chi connectivity index (χ2v) is 6.46. The third-order valence-corrected chi connectivity index (χ3v) is 4.30. The van der Waals surface area contributed by atoms with E-state index in [1.807, 2.05) is 24.6 Å². The summed E-state index contributed by atoms with van der Waals surface area (Å²) in [6.45, 7) is 10.1. The Balaban J connectivity index is 2.27. The fraction of sp³-hybridized carbons (Fsp3) is 0.737. The smallest absolute Gasteiger partial charge is 0.191 e. The molecule has 25 heavy (non-hydrogen) atoms. The van der Waals surface area contributed by atoms with E-state index in [0.29, 0.717) is 13.1 Å². The maximum atomic E-state index is 4.60. The molecule has 2 N–H and O–H groups in total. The summed E-state index contributed by atoms with van der Waals surface area (Å²) in [6, 6.07) is 0. The Morgan fingerprint density at radius 2 is 1.76 bits per heavy atom. The van der Waals surface area contributed by atoms with Crippen LogP contribution in [0.1, 0.15) is 69.9 Å². The van der Waals surface area contributed by atoms with Crippen LogP contribution in [0.25, 0.3) is 0 Å². The Hall–Kier alpha value is -1.85. The van der Waals surface area contributed by atoms with Gasteiger partial charge >= 0.3 is 0 Å². The van der Waals surface area contributed by atoms with E-state index in [4.69, 9.17) is 0 Å². The highest BCUT2D eigenvalue weighted by Crippen LogP contribution is 2.07. The fourth-order valence-corrected chi connectivity index (χ4v) is 2.55. The lowest BCUT2D eigenvalue weighted by atomic mass is 10.1. The molecule has 0 bridgehead atoms. The molecule has 0 saturated heterocycles. The molecule has 0 spiro atoms. The average molecular weight is 349 g/mol. The van der Waals surface area contributed by atoms with Gasteiger partial charge in [0.2, 0.25) is 0 Å². The van der Waals surface area contributed by atoms with Crippen LogP contribution in [0.15, 0.2) is 17.6 Å². The van der Waals surface area contributed by atoms with Crippen LogP contribution in [0.2, 0.25) is 0 Å². The monoisotopic (exact) mass is 348 g/mol. The molecule has 1 rings (SSSR count). The van der Waals surface area contributed by atoms with Gasteiger partial charge in [0.1, 0.15) is 12.4 Å². The molecule has 0 aliphatic carbocycles. The summed E-state index contributed by atoms with van der Waals surface area (Å²) in [5, 5.41) is 14.9. The van der Waals surface area contributed by atoms with Crippen molar-refractivity contribution in [3.8, 4) is 0 Å². The van der Waals surface area contributed by atoms with Crippen molar-refractivity contribution in [3.63, 3.8) is 0 Å². The van der Waals surface area contributed by atoms with Crippen LogP contribution in [0, 0.1) is 6.92 Å². The number of unbranched alkanes of at least 4 members (excludes halogenated alkanes) is 7. The minimum Gasteiger partial charge on any atom is -0.356 e. The zero-order valence-electron chi connectivity index (χ0n) is 16.4. The standard InChI is InChI=1S/C19H36N6/c1-5-7-8-9-10-11-12-13-15-21-19(20-14-6-2)22-16-18-24-23-17(3)25(18)4/h6H,2,5,7-16H2,1,3-4H3,(H2,20,21,22). The van der Waals surface area contributed by atoms with Gasteiger partial charge in [-0.1, -0.05) is 57.9 Å². The number of guanidine groups is 1. The summed E-state index contributed by atoms with van der Waals surface area (Å²) in [7, 11) is 1.96. The molecule has 142 valence electrons. The Labute approximate surface area is 153 Å². The normalized spacial score (nSPS) is 11.6. The molecule has 1 aromatic heterocycles. The van der Waals surface area contributed by atoms with Crippen molar-refractivity contribution in [2.45, 2.75) is 71.8 Å². The predicted molar refractivity (Wildman–Crippen MR) is 106 cm³/mol. The van der Waals surface area contributed by atoms with Crippen LogP contribution in [0.4, 0.5) is 0 Å². The van der Waals surface area contributed by atoms with Gasteiger partial charge < -0.3 is 15.2 Å². The van der Waals surface area contributed by atoms with Gasteiger partial charge in [-0.15, -0.1) is 16.8 Å². The highest BCUT2D eigenvalue weighted by Gasteiger charge is 2.04. The van der Waals surface area contributed by atoms with E-state index in [1.54, 1.807) is 0 Å². The molecule has 6 nitrogen and oxygen atoms in total. The summed E-state index contributed by atoms with van der Waals surface area (Å²) in [5.74, 6) is 2.57. The Morgan fingerprint density at radius 1 is 1.08 bits per heavy atom. The van der Waals surface area contributed by atoms with Crippen molar-refractivity contribution in [1.82, 2.24) is 25.4 Å². The molecule has 1 aromatic rings. The van der Waals surface area contributed by atoms with Crippen molar-refractivity contribution >= 4 is 5.96 Å². The zero-order chi connectivity index (χ0) is 18.3. The van der Waals surface area contributed by atoms with E-state index in [0.717, 1.165) is 24.2 Å². The van der Waals surface area contributed by atoms with Gasteiger partial charge in [0.05, 0.1) is 0 Å². The first kappa shape index (κ1) is 21.2. The van der Waals surface area contributed by atoms with Gasteiger partial charge in [-0.3, -0.25) is 0 Å². The highest BCUT2D eigenvalue weighted by atomic mass is 15.3. The molecule has 0 radical (unpaired) electrons. The maximum absolute atomic E-state index is 4.60. The third kappa shape index (κ3) is 9.27. The second-order valence-electron chi connectivity index (χ2n) is 6.46. The topological polar surface area (TPSA) is 67.1 Å². The Kier molecular flexibility index (Phi) is 11.4. The molecule has 0 aromatic carbocycles. The van der Waals surface area contributed by atoms with Gasteiger partial charge in [0.25, 0.3) is 0 Å². The van der Waals surface area contributed by atoms with E-state index in [2.05, 4.69) is 39.3 Å². The number of rotatable bonds is 13. The lowest BCUT2D eigenvalue weighted by molar-refractivity contribution is 0.571. The number of nitrogens with one attached hydrogen (secondary N) is 2. The molecular formula is C19H36N6. The molecule has 0 atom stereocenters. The molecule has 0 saturated carbocycles. The van der Waals surface area contributed by atoms with Crippen molar-refractivity contribution in [3.05, 3.63) is 24.3 Å². The molecule has 0 aliphatic rings. The van der Waals surface area contributed by atoms with Crippen LogP contribution >= 0.6 is 0 Å². The van der Waals surface area contributed by atoms with Gasteiger partial charge in [-0.25, -0.2) is 4.99 Å². The van der Waals surface area contributed by atoms with E-state index in [1.165, 1.54) is 51.4 Å². The summed E-state index contributed by atoms with van der Waals surface area (Å²) < 4.78 is 1.97. The molecule has 0 amide bonds. The lowest BCUT2D eigenvalue weighted by Crippen LogP contribution is -2.38. The minimum absolute atomic E-state index is 0.515. The van der Waals surface area contributed by atoms with Crippen LogP contribution < -0.4 is 10.6 Å². The van der Waals surface area contributed by atoms with E-state index in [-0.39, 0.29) is 0 Å². The summed E-state index contributed by atoms with van der Waals surface area (Å²) in [5.41, 5.74) is 0. The first-order valence-corrected chi connectivity index (χ1v) is 9.67. The number of nitrogens with zero attached hydrogens (tertiary/aromatic N) is 4. The first-order valence-electron chi connectivity index (χ1n) is 9.67. The molecule has 6 heteroatoms. The van der Waals surface area contributed by atoms with Gasteiger partial charge in [-0.05, 0) is 13.3 Å². The van der Waals surface area contributed by atoms with Crippen LogP contribution in [-0.2, 0) is 13.6 Å². The van der Waals surface area contributed by atoms with E-state index < -0.39 is 0 Å². The van der Waals surface area contributed by atoms with E-state index in [9.17, 15) is 0 Å². The third-order valence-electron chi connectivity index (χ3n) is 4.30. The maximum Gasteiger partial charge on any atom is 0.191 e. The fourth-order valence-electron chi connectivity index (χ4n) is 2.55. The number of aromatic nitrogens is 3. The molecule has 0 aliphatic heterocycles. The molecule has 0 unspecified atom stereocenters. The lowest BCUT2D eigenvalue weighted by Gasteiger charge is -2.11. The summed E-state index contributed by atoms with van der Waals surface area (Å²) in [6.07, 6.45) is 12.4. The average Bonchev–Trinajstić information content (AvgIpc) is 2.94. The van der Waals surface area contributed by atoms with Crippen LogP contribution in [0.3, 0.4) is 0 Å². The summed E-state index contributed by atoms with van der Waals surface area (Å²) in [4.78, 5) is 4.60. The van der Waals surface area contributed by atoms with Crippen molar-refractivity contribution in [1.29, 1.82) is 0 Å². The first-order chi connectivity index (χ1) is 12.2. The number of hydrogen-bond acceptors (Lipinski definition) is 3. The largest absolute Gasteiger partial charge is 0.356 e. The van der Waals surface area contributed by atoms with Crippen LogP contribution in [0.5, 0.6) is 0 Å². The van der Waals surface area contributed by atoms with Gasteiger partial charge in [-0.2, -0.15) is 0 Å². The highest BCUT2D eigenvalue weighted by molar-refractivity contribution is 5.79. The molecule has 1 heterocycles. The Morgan fingerprint density at radius 3 is 2.36 bits per heavy atom. The minimum atomic E-state index is 0.515. The number of aryl methyl sites for hydroxylation is 1. The van der Waals surface area contributed by atoms with Crippen molar-refractivity contribution in [2.24, 2.45) is 12.0 Å². The van der Waals surface area contributed by atoms with Gasteiger partial charge in [0.15, 0.2) is 11.8 Å². The number of hydrogen-bond donors (Lipinski definition) is 2. The summed E-state index contributed by atoms with van der Waals surface area (Å²) >= 11 is 0. The van der Waals surface area contributed by atoms with Crippen molar-refractivity contribution in [2.75, 3.05) is 13.1 Å². The van der Waals surface area contributed by atoms with Crippen molar-refractivity contribution < 1.29 is 0 Å². The zero-order valence-corrected chi connectivity index (χ0v) is 16.4. The predicted octanol–water partition coefficient (Wildman–Crippen LogP) is 3.49. The Bertz CT molecular complexity index is 506. The van der Waals surface area contributed by atoms with Crippen LogP contribution in [-0.4, -0.2) is 33.8 Å². The van der Waals surface area contributed by atoms with Gasteiger partial charge in [0, 0.05) is 20.1 Å². The number of aliphatic imine (C=N–C) groups is 1. The SMILES string of the molecule is C=CCNC(=NCc1nnc(C)n1C)NCCCCCCCCCC.